The van der Waals surface area contributed by atoms with Gasteiger partial charge >= 0.3 is 0 Å². The van der Waals surface area contributed by atoms with Gasteiger partial charge in [0.05, 0.1) is 5.41 Å². The molecule has 65 heavy (non-hydrogen) atoms. The molecule has 0 amide bonds. The molecule has 0 spiro atoms. The largest absolute Gasteiger partial charge is 0.347 e. The van der Waals surface area contributed by atoms with E-state index in [9.17, 15) is 0 Å². The molecule has 0 saturated carbocycles. The van der Waals surface area contributed by atoms with Gasteiger partial charge in [-0.25, -0.2) is 0 Å². The lowest BCUT2D eigenvalue weighted by Crippen LogP contribution is -2.32. The van der Waals surface area contributed by atoms with Gasteiger partial charge in [-0.05, 0) is 107 Å². The molecule has 0 radical (unpaired) electrons. The van der Waals surface area contributed by atoms with Gasteiger partial charge in [0.1, 0.15) is 0 Å². The third kappa shape index (κ3) is 11.3. The molecule has 0 aromatic heterocycles. The molecule has 332 valence electrons. The highest BCUT2D eigenvalue weighted by atomic mass is 15.1. The quantitative estimate of drug-likeness (QED) is 0.167. The van der Waals surface area contributed by atoms with Crippen LogP contribution >= 0.6 is 0 Å². The fourth-order valence-electron chi connectivity index (χ4n) is 9.01. The molecular weight excluding hydrogens is 783 g/mol. The van der Waals surface area contributed by atoms with Gasteiger partial charge in [0.15, 0.2) is 0 Å². The summed E-state index contributed by atoms with van der Waals surface area (Å²) in [5.74, 6) is 0. The van der Waals surface area contributed by atoms with Crippen LogP contribution in [-0.4, -0.2) is 6.54 Å². The Kier molecular flexibility index (Phi) is 18.9. The van der Waals surface area contributed by atoms with E-state index in [2.05, 4.69) is 220 Å². The average Bonchev–Trinajstić information content (AvgIpc) is 3.98. The van der Waals surface area contributed by atoms with Gasteiger partial charge in [-0.3, -0.25) is 0 Å². The van der Waals surface area contributed by atoms with Crippen LogP contribution in [0, 0.1) is 6.92 Å². The molecule has 1 atom stereocenters. The molecule has 4 aliphatic rings. The Morgan fingerprint density at radius 3 is 1.77 bits per heavy atom. The van der Waals surface area contributed by atoms with E-state index in [0.717, 1.165) is 18.5 Å². The molecule has 0 N–H and O–H groups in total. The van der Waals surface area contributed by atoms with Gasteiger partial charge in [0.2, 0.25) is 0 Å². The zero-order valence-electron chi connectivity index (χ0n) is 40.6. The number of allylic oxidation sites excluding steroid dienone is 12. The fraction of sp³-hybridized carbons (Fsp3) is 0.219. The van der Waals surface area contributed by atoms with Crippen LogP contribution in [-0.2, 0) is 5.41 Å². The number of benzene rings is 6. The van der Waals surface area contributed by atoms with Crippen molar-refractivity contribution in [2.24, 2.45) is 0 Å². The summed E-state index contributed by atoms with van der Waals surface area (Å²) in [6.45, 7) is 23.9. The number of hydrogen-bond donors (Lipinski definition) is 0. The minimum absolute atomic E-state index is 0.366. The van der Waals surface area contributed by atoms with Gasteiger partial charge in [-0.2, -0.15) is 0 Å². The summed E-state index contributed by atoms with van der Waals surface area (Å²) >= 11 is 0. The topological polar surface area (TPSA) is 3.24 Å². The summed E-state index contributed by atoms with van der Waals surface area (Å²) in [5.41, 5.74) is 19.2. The lowest BCUT2D eigenvalue weighted by atomic mass is 9.65. The van der Waals surface area contributed by atoms with Gasteiger partial charge in [-0.1, -0.05) is 253 Å². The maximum absolute atomic E-state index is 4.53. The Hall–Kier alpha value is -6.70. The molecule has 0 bridgehead atoms. The Morgan fingerprint density at radius 2 is 1.17 bits per heavy atom. The number of anilines is 1. The lowest BCUT2D eigenvalue weighted by molar-refractivity contribution is 0.720. The Labute approximate surface area is 393 Å². The number of fused-ring (bicyclic) bond motifs is 3. The smallest absolute Gasteiger partial charge is 0.0693 e. The van der Waals surface area contributed by atoms with Crippen LogP contribution in [0.15, 0.2) is 230 Å². The number of aryl methyl sites for hydroxylation is 1. The van der Waals surface area contributed by atoms with Crippen LogP contribution < -0.4 is 4.90 Å². The van der Waals surface area contributed by atoms with Gasteiger partial charge in [0.25, 0.3) is 0 Å². The third-order valence-corrected chi connectivity index (χ3v) is 11.9. The first kappa shape index (κ1) is 49.3. The highest BCUT2D eigenvalue weighted by Gasteiger charge is 2.48. The Bertz CT molecular complexity index is 2620. The molecule has 0 fully saturated rings. The van der Waals surface area contributed by atoms with Crippen molar-refractivity contribution in [2.75, 3.05) is 11.4 Å². The zero-order valence-corrected chi connectivity index (χ0v) is 40.6. The third-order valence-electron chi connectivity index (χ3n) is 11.9. The number of nitrogens with zero attached hydrogens (tertiary/aromatic N) is 1. The second-order valence-electron chi connectivity index (χ2n) is 15.7. The maximum atomic E-state index is 4.53. The molecule has 10 rings (SSSR count). The molecule has 3 aliphatic carbocycles. The molecule has 1 aliphatic heterocycles. The van der Waals surface area contributed by atoms with E-state index < -0.39 is 0 Å². The molecule has 1 heterocycles. The first-order chi connectivity index (χ1) is 32.0. The molecule has 1 unspecified atom stereocenters. The second-order valence-corrected chi connectivity index (χ2v) is 15.7. The van der Waals surface area contributed by atoms with Crippen LogP contribution in [0.3, 0.4) is 0 Å². The van der Waals surface area contributed by atoms with Crippen molar-refractivity contribution in [3.63, 3.8) is 0 Å². The van der Waals surface area contributed by atoms with Crippen LogP contribution in [0.5, 0.6) is 0 Å². The van der Waals surface area contributed by atoms with Gasteiger partial charge in [-0.15, -0.1) is 0 Å². The predicted octanol–water partition coefficient (Wildman–Crippen LogP) is 18.2. The summed E-state index contributed by atoms with van der Waals surface area (Å²) in [6.07, 6.45) is 19.5. The summed E-state index contributed by atoms with van der Waals surface area (Å²) in [4.78, 5) is 2.42. The molecular formula is C64H71N. The van der Waals surface area contributed by atoms with Crippen molar-refractivity contribution in [1.82, 2.24) is 0 Å². The summed E-state index contributed by atoms with van der Waals surface area (Å²) < 4.78 is 0. The number of rotatable bonds is 5. The second kappa shape index (κ2) is 25.0. The van der Waals surface area contributed by atoms with Crippen LogP contribution in [0.2, 0.25) is 0 Å². The molecule has 6 aromatic rings. The standard InChI is InChI=1S/C38H31N.C13H14.C7H8.3C2H6/c1-3-39-26-31(23-21-27(2)32-24-22-29(25-37(32)39)28-13-6-4-7-14-28)38(30-15-8-5-9-16-30)35-19-11-10-17-33(35)34-18-12-20-36(34)38;1-11-6-5-9-13(10-11)12-7-3-2-4-8-12;1-7-5-3-2-4-6-7;3*1-2/h4-19,21-26H,2-3,20H2,1H3;2-4,6-8,10H,5,9H2,1H3;2-6H,1H3;3*1-2H3/b23-21-,31-26+;;;;;. The zero-order chi connectivity index (χ0) is 46.6. The minimum atomic E-state index is -0.366. The SMILES string of the molecule is C=C1/C=C\C(C2(c3ccccc3)C3=C(C=CC3)c3ccccc32)=C/N(CC)c2cc(-c3ccccc3)ccc21.CC.CC.CC.CC1=CCCC(c2ccccc2)=C1.Cc1ccccc1. The summed E-state index contributed by atoms with van der Waals surface area (Å²) in [7, 11) is 0. The van der Waals surface area contributed by atoms with E-state index in [-0.39, 0.29) is 5.41 Å². The number of hydrogen-bond acceptors (Lipinski definition) is 1. The molecule has 1 heteroatoms. The van der Waals surface area contributed by atoms with Crippen LogP contribution in [0.1, 0.15) is 108 Å². The Balaban J connectivity index is 0.000000249. The molecule has 1 nitrogen and oxygen atoms in total. The van der Waals surface area contributed by atoms with Gasteiger partial charge < -0.3 is 4.90 Å². The Morgan fingerprint density at radius 1 is 0.585 bits per heavy atom. The minimum Gasteiger partial charge on any atom is -0.347 e. The maximum Gasteiger partial charge on any atom is 0.0693 e. The summed E-state index contributed by atoms with van der Waals surface area (Å²) in [5, 5.41) is 0. The van der Waals surface area contributed by atoms with E-state index in [4.69, 9.17) is 0 Å². The van der Waals surface area contributed by atoms with E-state index in [1.807, 2.05) is 59.7 Å². The molecule has 6 aromatic carbocycles. The predicted molar refractivity (Wildman–Crippen MR) is 288 cm³/mol. The van der Waals surface area contributed by atoms with Crippen molar-refractivity contribution < 1.29 is 0 Å². The first-order valence-electron chi connectivity index (χ1n) is 24.0. The lowest BCUT2D eigenvalue weighted by Gasteiger charge is -2.38. The average molecular weight is 854 g/mol. The monoisotopic (exact) mass is 854 g/mol. The van der Waals surface area contributed by atoms with Gasteiger partial charge in [0, 0.05) is 24.0 Å². The highest BCUT2D eigenvalue weighted by Crippen LogP contribution is 2.58. The van der Waals surface area contributed by atoms with Crippen LogP contribution in [0.25, 0.3) is 27.8 Å². The summed E-state index contributed by atoms with van der Waals surface area (Å²) in [6, 6.07) is 58.3. The van der Waals surface area contributed by atoms with Crippen molar-refractivity contribution in [3.05, 3.63) is 263 Å². The van der Waals surface area contributed by atoms with Crippen molar-refractivity contribution in [1.29, 1.82) is 0 Å². The van der Waals surface area contributed by atoms with Crippen LogP contribution in [0.4, 0.5) is 5.69 Å². The van der Waals surface area contributed by atoms with E-state index in [1.54, 1.807) is 0 Å². The van der Waals surface area contributed by atoms with Crippen molar-refractivity contribution >= 4 is 22.4 Å². The van der Waals surface area contributed by atoms with E-state index in [0.29, 0.717) is 0 Å². The molecule has 0 saturated heterocycles. The normalized spacial score (nSPS) is 17.4. The highest BCUT2D eigenvalue weighted by molar-refractivity contribution is 5.93. The van der Waals surface area contributed by atoms with Crippen molar-refractivity contribution in [2.45, 2.75) is 87.0 Å². The van der Waals surface area contributed by atoms with E-state index >= 15 is 0 Å². The first-order valence-corrected chi connectivity index (χ1v) is 24.0. The fourth-order valence-corrected chi connectivity index (χ4v) is 9.01. The van der Waals surface area contributed by atoms with Crippen molar-refractivity contribution in [3.8, 4) is 11.1 Å². The van der Waals surface area contributed by atoms with E-state index in [1.165, 1.54) is 90.9 Å².